The molecule has 3 rings (SSSR count). The van der Waals surface area contributed by atoms with Crippen LogP contribution in [0.3, 0.4) is 0 Å². The first-order valence-corrected chi connectivity index (χ1v) is 8.83. The molecule has 0 saturated carbocycles. The Morgan fingerprint density at radius 2 is 1.62 bits per heavy atom. The number of rotatable bonds is 5. The van der Waals surface area contributed by atoms with Gasteiger partial charge in [-0.1, -0.05) is 54.6 Å². The van der Waals surface area contributed by atoms with Crippen molar-refractivity contribution in [2.75, 3.05) is 26.7 Å². The van der Waals surface area contributed by atoms with Crippen LogP contribution in [0.25, 0.3) is 11.1 Å². The summed E-state index contributed by atoms with van der Waals surface area (Å²) in [5, 5.41) is 3.24. The van der Waals surface area contributed by atoms with E-state index in [9.17, 15) is 4.79 Å². The minimum absolute atomic E-state index is 0.255. The zero-order valence-corrected chi connectivity index (χ0v) is 14.4. The lowest BCUT2D eigenvalue weighted by Crippen LogP contribution is -2.41. The predicted molar refractivity (Wildman–Crippen MR) is 98.8 cm³/mol. The molecule has 0 radical (unpaired) electrons. The topological polar surface area (TPSA) is 32.3 Å². The number of likely N-dealkylation sites (tertiary alicyclic amines) is 1. The van der Waals surface area contributed by atoms with Crippen molar-refractivity contribution >= 4 is 5.91 Å². The molecule has 0 atom stereocenters. The standard InChI is InChI=1S/C21H26N2O/c1-22-16-18-11-13-23(14-12-18)21(24)15-17-7-9-20(10-8-17)19-5-3-2-4-6-19/h2-10,18,22H,11-16H2,1H3. The van der Waals surface area contributed by atoms with Crippen molar-refractivity contribution in [3.05, 3.63) is 60.2 Å². The normalized spacial score (nSPS) is 15.5. The van der Waals surface area contributed by atoms with Crippen LogP contribution < -0.4 is 5.32 Å². The number of nitrogens with zero attached hydrogens (tertiary/aromatic N) is 1. The van der Waals surface area contributed by atoms with Gasteiger partial charge in [0.2, 0.25) is 5.91 Å². The molecular formula is C21H26N2O. The molecule has 24 heavy (non-hydrogen) atoms. The van der Waals surface area contributed by atoms with E-state index in [1.165, 1.54) is 11.1 Å². The minimum atomic E-state index is 0.255. The molecule has 3 heteroatoms. The third kappa shape index (κ3) is 4.24. The Kier molecular flexibility index (Phi) is 5.65. The van der Waals surface area contributed by atoms with Gasteiger partial charge in [-0.25, -0.2) is 0 Å². The Balaban J connectivity index is 1.55. The van der Waals surface area contributed by atoms with Crippen LogP contribution in [-0.4, -0.2) is 37.5 Å². The number of benzene rings is 2. The molecule has 0 aliphatic carbocycles. The Hall–Kier alpha value is -2.13. The fourth-order valence-corrected chi connectivity index (χ4v) is 3.41. The van der Waals surface area contributed by atoms with E-state index < -0.39 is 0 Å². The van der Waals surface area contributed by atoms with Crippen molar-refractivity contribution < 1.29 is 4.79 Å². The van der Waals surface area contributed by atoms with Gasteiger partial charge in [0, 0.05) is 13.1 Å². The zero-order valence-electron chi connectivity index (χ0n) is 14.4. The van der Waals surface area contributed by atoms with Gasteiger partial charge in [-0.05, 0) is 49.0 Å². The van der Waals surface area contributed by atoms with E-state index in [2.05, 4.69) is 41.7 Å². The van der Waals surface area contributed by atoms with Gasteiger partial charge in [0.1, 0.15) is 0 Å². The van der Waals surface area contributed by atoms with E-state index in [1.807, 2.05) is 30.1 Å². The van der Waals surface area contributed by atoms with E-state index in [0.717, 1.165) is 38.0 Å². The van der Waals surface area contributed by atoms with Crippen molar-refractivity contribution in [2.45, 2.75) is 19.3 Å². The summed E-state index contributed by atoms with van der Waals surface area (Å²) >= 11 is 0. The molecule has 1 aliphatic heterocycles. The third-order valence-electron chi connectivity index (χ3n) is 4.88. The van der Waals surface area contributed by atoms with Gasteiger partial charge in [-0.15, -0.1) is 0 Å². The highest BCUT2D eigenvalue weighted by Gasteiger charge is 2.22. The number of hydrogen-bond donors (Lipinski definition) is 1. The van der Waals surface area contributed by atoms with E-state index in [4.69, 9.17) is 0 Å². The van der Waals surface area contributed by atoms with Gasteiger partial charge in [0.25, 0.3) is 0 Å². The van der Waals surface area contributed by atoms with Crippen molar-refractivity contribution in [1.82, 2.24) is 10.2 Å². The van der Waals surface area contributed by atoms with Crippen LogP contribution in [-0.2, 0) is 11.2 Å². The lowest BCUT2D eigenvalue weighted by molar-refractivity contribution is -0.131. The second kappa shape index (κ2) is 8.11. The van der Waals surface area contributed by atoms with E-state index >= 15 is 0 Å². The first kappa shape index (κ1) is 16.7. The van der Waals surface area contributed by atoms with E-state index in [-0.39, 0.29) is 5.91 Å². The van der Waals surface area contributed by atoms with Gasteiger partial charge in [-0.2, -0.15) is 0 Å². The number of amides is 1. The van der Waals surface area contributed by atoms with Crippen LogP contribution in [0.5, 0.6) is 0 Å². The fourth-order valence-electron chi connectivity index (χ4n) is 3.41. The Labute approximate surface area is 144 Å². The Bertz CT molecular complexity index is 643. The molecule has 1 amide bonds. The quantitative estimate of drug-likeness (QED) is 0.915. The fraction of sp³-hybridized carbons (Fsp3) is 0.381. The summed E-state index contributed by atoms with van der Waals surface area (Å²) in [5.41, 5.74) is 3.50. The molecular weight excluding hydrogens is 296 g/mol. The van der Waals surface area contributed by atoms with Crippen LogP contribution in [0.15, 0.2) is 54.6 Å². The number of hydrogen-bond acceptors (Lipinski definition) is 2. The molecule has 2 aromatic rings. The monoisotopic (exact) mass is 322 g/mol. The maximum Gasteiger partial charge on any atom is 0.226 e. The summed E-state index contributed by atoms with van der Waals surface area (Å²) in [6, 6.07) is 18.7. The summed E-state index contributed by atoms with van der Waals surface area (Å²) in [6.45, 7) is 2.85. The van der Waals surface area contributed by atoms with E-state index in [1.54, 1.807) is 0 Å². The molecule has 0 aromatic heterocycles. The minimum Gasteiger partial charge on any atom is -0.342 e. The average molecular weight is 322 g/mol. The van der Waals surface area contributed by atoms with Crippen LogP contribution in [0.2, 0.25) is 0 Å². The molecule has 126 valence electrons. The molecule has 0 bridgehead atoms. The van der Waals surface area contributed by atoms with Crippen LogP contribution in [0, 0.1) is 5.92 Å². The maximum atomic E-state index is 12.5. The van der Waals surface area contributed by atoms with Gasteiger partial charge in [-0.3, -0.25) is 4.79 Å². The molecule has 3 nitrogen and oxygen atoms in total. The van der Waals surface area contributed by atoms with Gasteiger partial charge in [0.15, 0.2) is 0 Å². The van der Waals surface area contributed by atoms with Crippen molar-refractivity contribution in [3.63, 3.8) is 0 Å². The zero-order chi connectivity index (χ0) is 16.8. The molecule has 0 spiro atoms. The average Bonchev–Trinajstić information content (AvgIpc) is 2.64. The highest BCUT2D eigenvalue weighted by molar-refractivity contribution is 5.79. The van der Waals surface area contributed by atoms with Gasteiger partial charge in [0.05, 0.1) is 6.42 Å². The first-order valence-electron chi connectivity index (χ1n) is 8.83. The molecule has 1 aliphatic rings. The number of nitrogens with one attached hydrogen (secondary N) is 1. The molecule has 1 N–H and O–H groups in total. The predicted octanol–water partition coefficient (Wildman–Crippen LogP) is 3.35. The summed E-state index contributed by atoms with van der Waals surface area (Å²) < 4.78 is 0. The smallest absolute Gasteiger partial charge is 0.226 e. The first-order chi connectivity index (χ1) is 11.8. The molecule has 1 heterocycles. The molecule has 2 aromatic carbocycles. The largest absolute Gasteiger partial charge is 0.342 e. The Morgan fingerprint density at radius 3 is 2.25 bits per heavy atom. The summed E-state index contributed by atoms with van der Waals surface area (Å²) in [4.78, 5) is 14.5. The van der Waals surface area contributed by atoms with Crippen LogP contribution >= 0.6 is 0 Å². The van der Waals surface area contributed by atoms with Crippen LogP contribution in [0.4, 0.5) is 0 Å². The second-order valence-corrected chi connectivity index (χ2v) is 6.62. The van der Waals surface area contributed by atoms with Crippen molar-refractivity contribution in [1.29, 1.82) is 0 Å². The highest BCUT2D eigenvalue weighted by Crippen LogP contribution is 2.21. The summed E-state index contributed by atoms with van der Waals surface area (Å²) in [6.07, 6.45) is 2.73. The highest BCUT2D eigenvalue weighted by atomic mass is 16.2. The molecule has 0 unspecified atom stereocenters. The van der Waals surface area contributed by atoms with Gasteiger partial charge < -0.3 is 10.2 Å². The second-order valence-electron chi connectivity index (χ2n) is 6.62. The Morgan fingerprint density at radius 1 is 1.00 bits per heavy atom. The number of carbonyl (C=O) groups is 1. The molecule has 1 fully saturated rings. The van der Waals surface area contributed by atoms with Crippen molar-refractivity contribution in [3.8, 4) is 11.1 Å². The van der Waals surface area contributed by atoms with Gasteiger partial charge >= 0.3 is 0 Å². The SMILES string of the molecule is CNCC1CCN(C(=O)Cc2ccc(-c3ccccc3)cc2)CC1. The number of carbonyl (C=O) groups excluding carboxylic acids is 1. The summed E-state index contributed by atoms with van der Waals surface area (Å²) in [5.74, 6) is 0.967. The lowest BCUT2D eigenvalue weighted by Gasteiger charge is -2.32. The van der Waals surface area contributed by atoms with Crippen molar-refractivity contribution in [2.24, 2.45) is 5.92 Å². The summed E-state index contributed by atoms with van der Waals surface area (Å²) in [7, 11) is 2.00. The molecule has 1 saturated heterocycles. The van der Waals surface area contributed by atoms with Crippen LogP contribution in [0.1, 0.15) is 18.4 Å². The lowest BCUT2D eigenvalue weighted by atomic mass is 9.96. The number of piperidine rings is 1. The van der Waals surface area contributed by atoms with E-state index in [0.29, 0.717) is 12.3 Å². The third-order valence-corrected chi connectivity index (χ3v) is 4.88. The maximum absolute atomic E-state index is 12.5.